The third-order valence-corrected chi connectivity index (χ3v) is 4.24. The number of rotatable bonds is 3. The summed E-state index contributed by atoms with van der Waals surface area (Å²) < 4.78 is 0. The molecule has 178 valence electrons. The smallest absolute Gasteiger partial charge is 0.115 e. The average Bonchev–Trinajstić information content (AvgIpc) is 2.83. The van der Waals surface area contributed by atoms with E-state index in [1.165, 1.54) is 0 Å². The van der Waals surface area contributed by atoms with Crippen molar-refractivity contribution in [1.29, 1.82) is 0 Å². The van der Waals surface area contributed by atoms with Crippen LogP contribution in [-0.2, 0) is 5.41 Å². The number of phenols is 2. The van der Waals surface area contributed by atoms with E-state index in [9.17, 15) is 10.2 Å². The van der Waals surface area contributed by atoms with E-state index in [-0.39, 0.29) is 16.9 Å². The third kappa shape index (κ3) is 10.0. The highest BCUT2D eigenvalue weighted by Gasteiger charge is 2.30. The second-order valence-corrected chi connectivity index (χ2v) is 6.93. The van der Waals surface area contributed by atoms with Crippen molar-refractivity contribution in [2.45, 2.75) is 53.9 Å². The summed E-state index contributed by atoms with van der Waals surface area (Å²) in [4.78, 5) is 2.00. The van der Waals surface area contributed by atoms with Crippen LogP contribution in [0, 0.1) is 0 Å². The minimum absolute atomic E-state index is 0.255. The maximum absolute atomic E-state index is 9.57. The second-order valence-electron chi connectivity index (χ2n) is 6.93. The van der Waals surface area contributed by atoms with Crippen LogP contribution in [-0.4, -0.2) is 36.3 Å². The molecule has 3 aromatic rings. The van der Waals surface area contributed by atoms with Crippen molar-refractivity contribution < 1.29 is 10.2 Å². The summed E-state index contributed by atoms with van der Waals surface area (Å²) >= 11 is 0. The fourth-order valence-corrected chi connectivity index (χ4v) is 2.86. The molecular weight excluding hydrogens is 394 g/mol. The van der Waals surface area contributed by atoms with E-state index in [0.717, 1.165) is 16.7 Å². The van der Waals surface area contributed by atoms with E-state index in [2.05, 4.69) is 19.1 Å². The molecule has 0 aliphatic heterocycles. The quantitative estimate of drug-likeness (QED) is 0.411. The van der Waals surface area contributed by atoms with Gasteiger partial charge in [-0.3, -0.25) is 0 Å². The first kappa shape index (κ1) is 31.4. The highest BCUT2D eigenvalue weighted by Crippen LogP contribution is 2.39. The molecule has 3 rings (SSSR count). The molecule has 0 atom stereocenters. The molecule has 3 nitrogen and oxygen atoms in total. The topological polar surface area (TPSA) is 43.7 Å². The van der Waals surface area contributed by atoms with Crippen LogP contribution in [0.4, 0.5) is 0 Å². The molecule has 0 heterocycles. The average molecular weight is 440 g/mol. The Balaban J connectivity index is 0. The fourth-order valence-electron chi connectivity index (χ4n) is 2.86. The van der Waals surface area contributed by atoms with Crippen molar-refractivity contribution in [2.75, 3.05) is 21.1 Å². The van der Waals surface area contributed by atoms with Gasteiger partial charge in [0.05, 0.1) is 0 Å². The highest BCUT2D eigenvalue weighted by atomic mass is 16.3. The number of hydrogen-bond acceptors (Lipinski definition) is 3. The van der Waals surface area contributed by atoms with Gasteiger partial charge in [0.15, 0.2) is 0 Å². The molecule has 0 unspecified atom stereocenters. The van der Waals surface area contributed by atoms with Crippen LogP contribution in [0.25, 0.3) is 0 Å². The second kappa shape index (κ2) is 17.9. The van der Waals surface area contributed by atoms with Gasteiger partial charge < -0.3 is 15.1 Å². The first-order valence-electron chi connectivity index (χ1n) is 11.6. The van der Waals surface area contributed by atoms with Gasteiger partial charge in [0, 0.05) is 5.41 Å². The van der Waals surface area contributed by atoms with Crippen molar-refractivity contribution in [1.82, 2.24) is 4.90 Å². The monoisotopic (exact) mass is 439 g/mol. The van der Waals surface area contributed by atoms with Crippen LogP contribution < -0.4 is 0 Å². The summed E-state index contributed by atoms with van der Waals surface area (Å²) in [5.74, 6) is 0.509. The maximum Gasteiger partial charge on any atom is 0.115 e. The summed E-state index contributed by atoms with van der Waals surface area (Å²) in [7, 11) is 6.00. The Hall–Kier alpha value is -2.78. The Labute approximate surface area is 197 Å². The predicted octanol–water partition coefficient (Wildman–Crippen LogP) is 7.71. The molecule has 0 saturated carbocycles. The molecule has 3 heteroatoms. The van der Waals surface area contributed by atoms with Gasteiger partial charge in [-0.2, -0.15) is 0 Å². The minimum Gasteiger partial charge on any atom is -0.508 e. The Bertz CT molecular complexity index is 747. The first-order chi connectivity index (χ1) is 15.3. The zero-order valence-electron chi connectivity index (χ0n) is 21.8. The normalized spacial score (nSPS) is 9.47. The Morgan fingerprint density at radius 3 is 1.03 bits per heavy atom. The van der Waals surface area contributed by atoms with Gasteiger partial charge in [0.25, 0.3) is 0 Å². The summed E-state index contributed by atoms with van der Waals surface area (Å²) in [5, 5.41) is 19.1. The molecule has 0 amide bonds. The Kier molecular flexibility index (Phi) is 17.5. The van der Waals surface area contributed by atoms with Crippen molar-refractivity contribution in [3.63, 3.8) is 0 Å². The minimum atomic E-state index is -0.358. The van der Waals surface area contributed by atoms with Gasteiger partial charge in [-0.05, 0) is 69.0 Å². The molecule has 32 heavy (non-hydrogen) atoms. The van der Waals surface area contributed by atoms with Gasteiger partial charge in [0.2, 0.25) is 0 Å². The first-order valence-corrected chi connectivity index (χ1v) is 11.6. The van der Waals surface area contributed by atoms with Crippen LogP contribution in [0.5, 0.6) is 11.5 Å². The molecular formula is C29H45NO2. The summed E-state index contributed by atoms with van der Waals surface area (Å²) in [6.07, 6.45) is 0. The van der Waals surface area contributed by atoms with Gasteiger partial charge in [-0.15, -0.1) is 0 Å². The molecule has 0 spiro atoms. The van der Waals surface area contributed by atoms with Gasteiger partial charge in [-0.1, -0.05) is 96.1 Å². The van der Waals surface area contributed by atoms with E-state index in [1.54, 1.807) is 24.3 Å². The molecule has 2 N–H and O–H groups in total. The van der Waals surface area contributed by atoms with Crippen molar-refractivity contribution in [3.05, 3.63) is 95.6 Å². The van der Waals surface area contributed by atoms with Crippen LogP contribution in [0.2, 0.25) is 0 Å². The lowest BCUT2D eigenvalue weighted by atomic mass is 9.71. The van der Waals surface area contributed by atoms with Gasteiger partial charge in [0.1, 0.15) is 11.5 Å². The molecule has 0 saturated heterocycles. The van der Waals surface area contributed by atoms with E-state index in [1.807, 2.05) is 110 Å². The Morgan fingerprint density at radius 1 is 0.500 bits per heavy atom. The lowest BCUT2D eigenvalue weighted by Crippen LogP contribution is -2.25. The zero-order valence-corrected chi connectivity index (χ0v) is 21.8. The Morgan fingerprint density at radius 2 is 0.750 bits per heavy atom. The van der Waals surface area contributed by atoms with Gasteiger partial charge in [-0.25, -0.2) is 0 Å². The summed E-state index contributed by atoms with van der Waals surface area (Å²) in [5.41, 5.74) is 2.97. The van der Waals surface area contributed by atoms with E-state index in [0.29, 0.717) is 0 Å². The number of aromatic hydroxyl groups is 2. The predicted molar refractivity (Wildman–Crippen MR) is 142 cm³/mol. The van der Waals surface area contributed by atoms with E-state index in [4.69, 9.17) is 0 Å². The lowest BCUT2D eigenvalue weighted by Gasteiger charge is -2.32. The fraction of sp³-hybridized carbons (Fsp3) is 0.379. The van der Waals surface area contributed by atoms with E-state index >= 15 is 0 Å². The van der Waals surface area contributed by atoms with Crippen molar-refractivity contribution >= 4 is 0 Å². The van der Waals surface area contributed by atoms with Crippen molar-refractivity contribution in [2.24, 2.45) is 0 Å². The maximum atomic E-state index is 9.57. The standard InChI is InChI=1S/C20H18O2.C3H9N.3C2H6/c1-20(15-5-3-2-4-6-15,16-7-11-18(21)12-8-16)17-9-13-19(22)14-10-17;1-4(2)3;3*1-2/h2-14,21-22H,1H3;1-3H3;3*1-2H3. The SMILES string of the molecule is CC.CC.CC.CC(c1ccccc1)(c1ccc(O)cc1)c1ccc(O)cc1.CN(C)C. The number of phenolic OH excluding ortho intramolecular Hbond substituents is 2. The molecule has 0 aliphatic rings. The van der Waals surface area contributed by atoms with Gasteiger partial charge >= 0.3 is 0 Å². The zero-order chi connectivity index (χ0) is 25.2. The number of benzene rings is 3. The van der Waals surface area contributed by atoms with Crippen LogP contribution >= 0.6 is 0 Å². The third-order valence-electron chi connectivity index (χ3n) is 4.24. The molecule has 3 aromatic carbocycles. The highest BCUT2D eigenvalue weighted by molar-refractivity contribution is 5.50. The van der Waals surface area contributed by atoms with Crippen LogP contribution in [0.15, 0.2) is 78.9 Å². The summed E-state index contributed by atoms with van der Waals surface area (Å²) in [6, 6.07) is 24.8. The number of nitrogens with zero attached hydrogens (tertiary/aromatic N) is 1. The van der Waals surface area contributed by atoms with Crippen LogP contribution in [0.3, 0.4) is 0 Å². The van der Waals surface area contributed by atoms with Crippen LogP contribution in [0.1, 0.15) is 65.2 Å². The molecule has 0 radical (unpaired) electrons. The van der Waals surface area contributed by atoms with E-state index < -0.39 is 0 Å². The molecule has 0 aliphatic carbocycles. The molecule has 0 bridgehead atoms. The summed E-state index contributed by atoms with van der Waals surface area (Å²) in [6.45, 7) is 14.2. The largest absolute Gasteiger partial charge is 0.508 e. The van der Waals surface area contributed by atoms with Crippen molar-refractivity contribution in [3.8, 4) is 11.5 Å². The lowest BCUT2D eigenvalue weighted by molar-refractivity contribution is 0.474. The molecule has 0 fully saturated rings. The number of hydrogen-bond donors (Lipinski definition) is 2. The molecule has 0 aromatic heterocycles.